The van der Waals surface area contributed by atoms with Crippen molar-refractivity contribution in [1.82, 2.24) is 19.8 Å². The molecule has 1 aromatic rings. The second-order valence-electron chi connectivity index (χ2n) is 8.66. The van der Waals surface area contributed by atoms with Crippen LogP contribution >= 0.6 is 0 Å². The lowest BCUT2D eigenvalue weighted by Crippen LogP contribution is -2.55. The highest BCUT2D eigenvalue weighted by Gasteiger charge is 2.42. The summed E-state index contributed by atoms with van der Waals surface area (Å²) in [6.07, 6.45) is 5.02. The zero-order valence-electron chi connectivity index (χ0n) is 17.7. The molecule has 3 rings (SSSR count). The number of amides is 1. The first-order valence-corrected chi connectivity index (χ1v) is 10.3. The van der Waals surface area contributed by atoms with E-state index in [1.54, 1.807) is 0 Å². The van der Waals surface area contributed by atoms with E-state index >= 15 is 0 Å². The second-order valence-corrected chi connectivity index (χ2v) is 8.66. The number of aryl methyl sites for hydroxylation is 2. The monoisotopic (exact) mass is 373 g/mol. The Morgan fingerprint density at radius 2 is 1.93 bits per heavy atom. The van der Waals surface area contributed by atoms with Crippen molar-refractivity contribution >= 4 is 11.7 Å². The Kier molecular flexibility index (Phi) is 6.04. The van der Waals surface area contributed by atoms with Gasteiger partial charge in [0.05, 0.1) is 0 Å². The number of hydrogen-bond donors (Lipinski definition) is 0. The lowest BCUT2D eigenvalue weighted by atomic mass is 9.73. The maximum Gasteiger partial charge on any atom is 0.222 e. The van der Waals surface area contributed by atoms with Crippen LogP contribution < -0.4 is 4.90 Å². The molecule has 3 heterocycles. The Bertz CT molecular complexity index is 689. The third kappa shape index (κ3) is 4.42. The van der Waals surface area contributed by atoms with Gasteiger partial charge in [0.1, 0.15) is 11.6 Å². The summed E-state index contributed by atoms with van der Waals surface area (Å²) in [5, 5.41) is 0. The van der Waals surface area contributed by atoms with Crippen LogP contribution in [0.4, 0.5) is 5.82 Å². The number of hydrogen-bond acceptors (Lipinski definition) is 5. The molecule has 27 heavy (non-hydrogen) atoms. The predicted molar refractivity (Wildman–Crippen MR) is 109 cm³/mol. The smallest absolute Gasteiger partial charge is 0.222 e. The van der Waals surface area contributed by atoms with Crippen LogP contribution in [0.2, 0.25) is 0 Å². The number of nitrogens with zero attached hydrogens (tertiary/aromatic N) is 5. The first-order chi connectivity index (χ1) is 12.8. The van der Waals surface area contributed by atoms with Gasteiger partial charge in [0.15, 0.2) is 0 Å². The molecule has 0 aromatic carbocycles. The molecule has 150 valence electrons. The van der Waals surface area contributed by atoms with Crippen LogP contribution in [0.1, 0.15) is 49.7 Å². The van der Waals surface area contributed by atoms with Crippen LogP contribution in [0.15, 0.2) is 0 Å². The fourth-order valence-electron chi connectivity index (χ4n) is 4.74. The third-order valence-electron chi connectivity index (χ3n) is 6.18. The Hall–Kier alpha value is -1.69. The molecule has 2 aliphatic heterocycles. The molecule has 2 saturated heterocycles. The van der Waals surface area contributed by atoms with Crippen LogP contribution in [-0.4, -0.2) is 72.5 Å². The number of piperidine rings is 2. The van der Waals surface area contributed by atoms with E-state index in [-0.39, 0.29) is 5.41 Å². The van der Waals surface area contributed by atoms with Crippen molar-refractivity contribution in [2.75, 3.05) is 51.7 Å². The average Bonchev–Trinajstić information content (AvgIpc) is 2.62. The maximum absolute atomic E-state index is 12.4. The van der Waals surface area contributed by atoms with Gasteiger partial charge in [0.25, 0.3) is 0 Å². The van der Waals surface area contributed by atoms with E-state index in [0.717, 1.165) is 62.9 Å². The van der Waals surface area contributed by atoms with E-state index in [2.05, 4.69) is 47.6 Å². The summed E-state index contributed by atoms with van der Waals surface area (Å²) in [5.41, 5.74) is 2.58. The minimum Gasteiger partial charge on any atom is -0.356 e. The highest BCUT2D eigenvalue weighted by atomic mass is 16.2. The van der Waals surface area contributed by atoms with E-state index < -0.39 is 0 Å². The van der Waals surface area contributed by atoms with Gasteiger partial charge in [-0.3, -0.25) is 4.79 Å². The van der Waals surface area contributed by atoms with E-state index in [1.165, 1.54) is 18.4 Å². The van der Waals surface area contributed by atoms with Gasteiger partial charge >= 0.3 is 0 Å². The standard InChI is InChI=1S/C21H35N5O/c1-6-18-16(2)22-17(3)23-20(18)26-11-7-9-21(15-26)10-8-19(27)25(14-21)13-12-24(4)5/h6-15H2,1-5H3. The highest BCUT2D eigenvalue weighted by Crippen LogP contribution is 2.40. The molecule has 2 aliphatic rings. The summed E-state index contributed by atoms with van der Waals surface area (Å²) in [4.78, 5) is 28.6. The number of anilines is 1. The molecule has 1 unspecified atom stereocenters. The van der Waals surface area contributed by atoms with Gasteiger partial charge < -0.3 is 14.7 Å². The van der Waals surface area contributed by atoms with E-state index in [9.17, 15) is 4.79 Å². The molecule has 1 aromatic heterocycles. The summed E-state index contributed by atoms with van der Waals surface area (Å²) < 4.78 is 0. The van der Waals surface area contributed by atoms with Gasteiger partial charge in [-0.25, -0.2) is 9.97 Å². The van der Waals surface area contributed by atoms with Crippen molar-refractivity contribution in [3.63, 3.8) is 0 Å². The normalized spacial score (nSPS) is 23.6. The average molecular weight is 374 g/mol. The van der Waals surface area contributed by atoms with Gasteiger partial charge in [0.2, 0.25) is 5.91 Å². The zero-order valence-corrected chi connectivity index (χ0v) is 17.7. The molecule has 1 amide bonds. The topological polar surface area (TPSA) is 52.6 Å². The summed E-state index contributed by atoms with van der Waals surface area (Å²) in [6.45, 7) is 11.0. The van der Waals surface area contributed by atoms with Crippen molar-refractivity contribution in [3.8, 4) is 0 Å². The molecule has 0 aliphatic carbocycles. The Labute approximate surface area is 164 Å². The largest absolute Gasteiger partial charge is 0.356 e. The molecule has 6 heteroatoms. The van der Waals surface area contributed by atoms with Crippen LogP contribution in [0.25, 0.3) is 0 Å². The van der Waals surface area contributed by atoms with Crippen molar-refractivity contribution in [2.24, 2.45) is 5.41 Å². The second kappa shape index (κ2) is 8.13. The van der Waals surface area contributed by atoms with Crippen LogP contribution in [0.5, 0.6) is 0 Å². The van der Waals surface area contributed by atoms with E-state index in [4.69, 9.17) is 4.98 Å². The van der Waals surface area contributed by atoms with Crippen LogP contribution in [-0.2, 0) is 11.2 Å². The van der Waals surface area contributed by atoms with Crippen molar-refractivity contribution in [1.29, 1.82) is 0 Å². The third-order valence-corrected chi connectivity index (χ3v) is 6.18. The van der Waals surface area contributed by atoms with Gasteiger partial charge in [-0.2, -0.15) is 0 Å². The number of carbonyl (C=O) groups is 1. The molecule has 0 N–H and O–H groups in total. The molecular weight excluding hydrogens is 338 g/mol. The molecule has 0 radical (unpaired) electrons. The minimum atomic E-state index is 0.205. The number of aromatic nitrogens is 2. The Morgan fingerprint density at radius 1 is 1.15 bits per heavy atom. The lowest BCUT2D eigenvalue weighted by molar-refractivity contribution is -0.138. The van der Waals surface area contributed by atoms with Crippen LogP contribution in [0.3, 0.4) is 0 Å². The Balaban J connectivity index is 1.80. The molecular formula is C21H35N5O. The van der Waals surface area contributed by atoms with Crippen LogP contribution in [0, 0.1) is 19.3 Å². The highest BCUT2D eigenvalue weighted by molar-refractivity contribution is 5.77. The zero-order chi connectivity index (χ0) is 19.6. The van der Waals surface area contributed by atoms with Gasteiger partial charge in [0, 0.05) is 55.8 Å². The van der Waals surface area contributed by atoms with Crippen molar-refractivity contribution in [3.05, 3.63) is 17.1 Å². The van der Waals surface area contributed by atoms with Crippen molar-refractivity contribution in [2.45, 2.75) is 52.9 Å². The SMILES string of the molecule is CCc1c(C)nc(C)nc1N1CCCC2(CCC(=O)N(CCN(C)C)C2)C1. The minimum absolute atomic E-state index is 0.205. The summed E-state index contributed by atoms with van der Waals surface area (Å²) >= 11 is 0. The molecule has 0 bridgehead atoms. The fourth-order valence-corrected chi connectivity index (χ4v) is 4.74. The van der Waals surface area contributed by atoms with E-state index in [1.807, 2.05) is 6.92 Å². The number of likely N-dealkylation sites (N-methyl/N-ethyl adjacent to an activating group) is 1. The summed E-state index contributed by atoms with van der Waals surface area (Å²) in [6, 6.07) is 0. The maximum atomic E-state index is 12.4. The summed E-state index contributed by atoms with van der Waals surface area (Å²) in [5.74, 6) is 2.30. The van der Waals surface area contributed by atoms with Crippen molar-refractivity contribution < 1.29 is 4.79 Å². The molecule has 1 atom stereocenters. The quantitative estimate of drug-likeness (QED) is 0.793. The number of rotatable bonds is 5. The Morgan fingerprint density at radius 3 is 2.63 bits per heavy atom. The number of likely N-dealkylation sites (tertiary alicyclic amines) is 1. The van der Waals surface area contributed by atoms with Gasteiger partial charge in [-0.15, -0.1) is 0 Å². The fraction of sp³-hybridized carbons (Fsp3) is 0.762. The predicted octanol–water partition coefficient (Wildman–Crippen LogP) is 2.43. The molecule has 0 saturated carbocycles. The van der Waals surface area contributed by atoms with Gasteiger partial charge in [-0.1, -0.05) is 6.92 Å². The van der Waals surface area contributed by atoms with E-state index in [0.29, 0.717) is 12.3 Å². The van der Waals surface area contributed by atoms with Gasteiger partial charge in [-0.05, 0) is 53.6 Å². The first kappa shape index (κ1) is 20.1. The first-order valence-electron chi connectivity index (χ1n) is 10.3. The lowest BCUT2D eigenvalue weighted by Gasteiger charge is -2.49. The number of carbonyl (C=O) groups excluding carboxylic acids is 1. The molecule has 1 spiro atoms. The molecule has 2 fully saturated rings. The summed E-state index contributed by atoms with van der Waals surface area (Å²) in [7, 11) is 4.14. The molecule has 6 nitrogen and oxygen atoms in total.